The van der Waals surface area contributed by atoms with E-state index in [2.05, 4.69) is 65.2 Å². The first-order valence-corrected chi connectivity index (χ1v) is 10.8. The highest BCUT2D eigenvalue weighted by Gasteiger charge is 2.12. The molecule has 1 aliphatic rings. The Kier molecular flexibility index (Phi) is 6.75. The summed E-state index contributed by atoms with van der Waals surface area (Å²) in [5.41, 5.74) is 5.52. The number of ether oxygens (including phenoxy) is 1. The summed E-state index contributed by atoms with van der Waals surface area (Å²) in [6, 6.07) is 19.1. The number of benzene rings is 2. The number of aromatic nitrogens is 1. The monoisotopic (exact) mass is 389 g/mol. The second-order valence-corrected chi connectivity index (χ2v) is 7.98. The van der Waals surface area contributed by atoms with E-state index in [0.29, 0.717) is 6.61 Å². The lowest BCUT2D eigenvalue weighted by atomic mass is 9.95. The van der Waals surface area contributed by atoms with Crippen LogP contribution in [0.4, 0.5) is 5.69 Å². The van der Waals surface area contributed by atoms with Gasteiger partial charge in [-0.05, 0) is 62.4 Å². The molecule has 1 saturated heterocycles. The number of nitrogens with zero attached hydrogens (tertiary/aromatic N) is 1. The molecule has 0 bridgehead atoms. The lowest BCUT2D eigenvalue weighted by molar-refractivity contribution is 0.185. The van der Waals surface area contributed by atoms with Crippen LogP contribution in [-0.4, -0.2) is 31.7 Å². The summed E-state index contributed by atoms with van der Waals surface area (Å²) in [7, 11) is 1.72. The lowest BCUT2D eigenvalue weighted by Crippen LogP contribution is -2.29. The molecule has 29 heavy (non-hydrogen) atoms. The SMILES string of the molecule is COCc1ccc(-c2cc(NCCCC3CCCNC3)c3ccccc3n2)cc1. The van der Waals surface area contributed by atoms with Crippen molar-refractivity contribution >= 4 is 16.6 Å². The van der Waals surface area contributed by atoms with Crippen molar-refractivity contribution in [3.05, 3.63) is 60.2 Å². The zero-order chi connectivity index (χ0) is 19.9. The summed E-state index contributed by atoms with van der Waals surface area (Å²) in [5.74, 6) is 0.834. The number of nitrogens with one attached hydrogen (secondary N) is 2. The highest BCUT2D eigenvalue weighted by molar-refractivity contribution is 5.93. The second kappa shape index (κ2) is 9.86. The summed E-state index contributed by atoms with van der Waals surface area (Å²) in [4.78, 5) is 4.90. The molecule has 1 aromatic heterocycles. The van der Waals surface area contributed by atoms with Crippen LogP contribution >= 0.6 is 0 Å². The average molecular weight is 390 g/mol. The average Bonchev–Trinajstić information content (AvgIpc) is 2.78. The van der Waals surface area contributed by atoms with E-state index >= 15 is 0 Å². The van der Waals surface area contributed by atoms with Crippen LogP contribution in [0.2, 0.25) is 0 Å². The number of anilines is 1. The minimum Gasteiger partial charge on any atom is -0.384 e. The number of rotatable bonds is 8. The van der Waals surface area contributed by atoms with E-state index in [1.807, 2.05) is 0 Å². The maximum Gasteiger partial charge on any atom is 0.0730 e. The predicted molar refractivity (Wildman–Crippen MR) is 121 cm³/mol. The summed E-state index contributed by atoms with van der Waals surface area (Å²) in [5, 5.41) is 8.39. The van der Waals surface area contributed by atoms with Gasteiger partial charge in [-0.1, -0.05) is 42.5 Å². The summed E-state index contributed by atoms with van der Waals surface area (Å²) in [6.45, 7) is 4.00. The third-order valence-corrected chi connectivity index (χ3v) is 5.78. The van der Waals surface area contributed by atoms with Crippen molar-refractivity contribution in [2.24, 2.45) is 5.92 Å². The number of hydrogen-bond donors (Lipinski definition) is 2. The molecule has 152 valence electrons. The second-order valence-electron chi connectivity index (χ2n) is 7.98. The maximum absolute atomic E-state index is 5.22. The van der Waals surface area contributed by atoms with Gasteiger partial charge in [0.15, 0.2) is 0 Å². The van der Waals surface area contributed by atoms with Crippen LogP contribution in [-0.2, 0) is 11.3 Å². The topological polar surface area (TPSA) is 46.2 Å². The van der Waals surface area contributed by atoms with Crippen molar-refractivity contribution < 1.29 is 4.74 Å². The summed E-state index contributed by atoms with van der Waals surface area (Å²) in [6.07, 6.45) is 5.18. The Morgan fingerprint density at radius 1 is 1.14 bits per heavy atom. The first-order valence-electron chi connectivity index (χ1n) is 10.8. The maximum atomic E-state index is 5.22. The van der Waals surface area contributed by atoms with Crippen LogP contribution in [0.15, 0.2) is 54.6 Å². The fourth-order valence-electron chi connectivity index (χ4n) is 4.19. The van der Waals surface area contributed by atoms with Crippen molar-refractivity contribution in [1.82, 2.24) is 10.3 Å². The van der Waals surface area contributed by atoms with Gasteiger partial charge in [0.05, 0.1) is 17.8 Å². The molecule has 1 unspecified atom stereocenters. The molecule has 0 saturated carbocycles. The minimum absolute atomic E-state index is 0.634. The molecule has 2 heterocycles. The highest BCUT2D eigenvalue weighted by Crippen LogP contribution is 2.29. The molecular formula is C25H31N3O. The van der Waals surface area contributed by atoms with Gasteiger partial charge in [0.25, 0.3) is 0 Å². The zero-order valence-corrected chi connectivity index (χ0v) is 17.3. The summed E-state index contributed by atoms with van der Waals surface area (Å²) >= 11 is 0. The summed E-state index contributed by atoms with van der Waals surface area (Å²) < 4.78 is 5.22. The van der Waals surface area contributed by atoms with E-state index in [0.717, 1.165) is 29.2 Å². The Morgan fingerprint density at radius 3 is 2.79 bits per heavy atom. The predicted octanol–water partition coefficient (Wildman–Crippen LogP) is 5.24. The van der Waals surface area contributed by atoms with Crippen molar-refractivity contribution in [1.29, 1.82) is 0 Å². The van der Waals surface area contributed by atoms with Crippen molar-refractivity contribution in [3.8, 4) is 11.3 Å². The molecule has 0 amide bonds. The Hall–Kier alpha value is -2.43. The van der Waals surface area contributed by atoms with Gasteiger partial charge < -0.3 is 15.4 Å². The molecule has 4 heteroatoms. The minimum atomic E-state index is 0.634. The van der Waals surface area contributed by atoms with Gasteiger partial charge >= 0.3 is 0 Å². The highest BCUT2D eigenvalue weighted by atomic mass is 16.5. The van der Waals surface area contributed by atoms with Gasteiger partial charge in [-0.2, -0.15) is 0 Å². The molecule has 2 aromatic carbocycles. The molecule has 4 nitrogen and oxygen atoms in total. The molecule has 3 aromatic rings. The molecule has 0 aliphatic carbocycles. The molecule has 1 aliphatic heterocycles. The Bertz CT molecular complexity index is 917. The molecule has 2 N–H and O–H groups in total. The van der Waals surface area contributed by atoms with E-state index in [1.54, 1.807) is 7.11 Å². The van der Waals surface area contributed by atoms with Crippen LogP contribution in [0.1, 0.15) is 31.2 Å². The molecular weight excluding hydrogens is 358 g/mol. The van der Waals surface area contributed by atoms with E-state index in [9.17, 15) is 0 Å². The van der Waals surface area contributed by atoms with Gasteiger partial charge in [0.1, 0.15) is 0 Å². The van der Waals surface area contributed by atoms with E-state index in [4.69, 9.17) is 9.72 Å². The van der Waals surface area contributed by atoms with E-state index < -0.39 is 0 Å². The first kappa shape index (κ1) is 19.9. The van der Waals surface area contributed by atoms with Gasteiger partial charge in [0.2, 0.25) is 0 Å². The Balaban J connectivity index is 1.49. The van der Waals surface area contributed by atoms with Gasteiger partial charge in [-0.25, -0.2) is 4.98 Å². The van der Waals surface area contributed by atoms with Gasteiger partial charge in [-0.3, -0.25) is 0 Å². The molecule has 1 atom stereocenters. The molecule has 0 radical (unpaired) electrons. The van der Waals surface area contributed by atoms with E-state index in [1.165, 1.54) is 55.4 Å². The smallest absolute Gasteiger partial charge is 0.0730 e. The third-order valence-electron chi connectivity index (χ3n) is 5.78. The van der Waals surface area contributed by atoms with Crippen LogP contribution in [0, 0.1) is 5.92 Å². The fourth-order valence-corrected chi connectivity index (χ4v) is 4.19. The molecule has 4 rings (SSSR count). The largest absolute Gasteiger partial charge is 0.384 e. The lowest BCUT2D eigenvalue weighted by Gasteiger charge is -2.22. The quantitative estimate of drug-likeness (QED) is 0.517. The van der Waals surface area contributed by atoms with Crippen LogP contribution in [0.3, 0.4) is 0 Å². The molecule has 1 fully saturated rings. The number of hydrogen-bond acceptors (Lipinski definition) is 4. The van der Waals surface area contributed by atoms with Crippen molar-refractivity contribution in [3.63, 3.8) is 0 Å². The Morgan fingerprint density at radius 2 is 2.00 bits per heavy atom. The standard InChI is InChI=1S/C25H31N3O/c1-29-18-20-10-12-21(13-11-20)24-16-25(22-8-2-3-9-23(22)28-24)27-15-5-7-19-6-4-14-26-17-19/h2-3,8-13,16,19,26H,4-7,14-15,17-18H2,1H3,(H,27,28). The van der Waals surface area contributed by atoms with Crippen molar-refractivity contribution in [2.75, 3.05) is 32.1 Å². The van der Waals surface area contributed by atoms with Crippen LogP contribution in [0.5, 0.6) is 0 Å². The fraction of sp³-hybridized carbons (Fsp3) is 0.400. The first-order chi connectivity index (χ1) is 14.3. The Labute approximate surface area is 173 Å². The number of pyridine rings is 1. The van der Waals surface area contributed by atoms with Crippen LogP contribution in [0.25, 0.3) is 22.2 Å². The van der Waals surface area contributed by atoms with Crippen LogP contribution < -0.4 is 10.6 Å². The number of piperidine rings is 1. The van der Waals surface area contributed by atoms with Gasteiger partial charge in [0, 0.05) is 30.3 Å². The zero-order valence-electron chi connectivity index (χ0n) is 17.3. The number of fused-ring (bicyclic) bond motifs is 1. The number of para-hydroxylation sites is 1. The third kappa shape index (κ3) is 5.14. The normalized spacial score (nSPS) is 16.8. The van der Waals surface area contributed by atoms with Gasteiger partial charge in [-0.15, -0.1) is 0 Å². The number of methoxy groups -OCH3 is 1. The van der Waals surface area contributed by atoms with Crippen molar-refractivity contribution in [2.45, 2.75) is 32.3 Å². The molecule has 0 spiro atoms. The van der Waals surface area contributed by atoms with E-state index in [-0.39, 0.29) is 0 Å².